The van der Waals surface area contributed by atoms with Crippen LogP contribution in [-0.2, 0) is 4.79 Å². The normalized spacial score (nSPS) is 17.1. The summed E-state index contributed by atoms with van der Waals surface area (Å²) < 4.78 is 13.5. The molecule has 0 heterocycles. The molecule has 1 aliphatic rings. The van der Waals surface area contributed by atoms with Crippen LogP contribution in [-0.4, -0.2) is 21.4 Å². The fourth-order valence-corrected chi connectivity index (χ4v) is 2.34. The quantitative estimate of drug-likeness (QED) is 0.849. The molecule has 1 saturated carbocycles. The van der Waals surface area contributed by atoms with Crippen LogP contribution in [0.15, 0.2) is 23.1 Å². The zero-order valence-electron chi connectivity index (χ0n) is 8.39. The van der Waals surface area contributed by atoms with E-state index >= 15 is 0 Å². The van der Waals surface area contributed by atoms with E-state index in [2.05, 4.69) is 0 Å². The maximum Gasteiger partial charge on any atom is 0.337 e. The second kappa shape index (κ2) is 4.43. The van der Waals surface area contributed by atoms with Crippen molar-refractivity contribution in [1.82, 2.24) is 0 Å². The van der Waals surface area contributed by atoms with Crippen LogP contribution in [0.2, 0.25) is 0 Å². The summed E-state index contributed by atoms with van der Waals surface area (Å²) in [6.45, 7) is 0. The molecule has 0 aliphatic heterocycles. The molecule has 2 rings (SSSR count). The van der Waals surface area contributed by atoms with E-state index in [-0.39, 0.29) is 5.56 Å². The number of carboxylic acid groups (broad SMARTS) is 1. The van der Waals surface area contributed by atoms with Crippen molar-refractivity contribution >= 4 is 17.7 Å². The van der Waals surface area contributed by atoms with E-state index in [0.29, 0.717) is 10.1 Å². The van der Waals surface area contributed by atoms with Crippen molar-refractivity contribution < 1.29 is 19.4 Å². The lowest BCUT2D eigenvalue weighted by Gasteiger charge is -2.08. The molecule has 1 fully saturated rings. The molecule has 1 atom stereocenters. The fourth-order valence-electron chi connectivity index (χ4n) is 1.29. The van der Waals surface area contributed by atoms with Gasteiger partial charge < -0.3 is 10.2 Å². The molecular weight excluding hydrogens is 231 g/mol. The van der Waals surface area contributed by atoms with Gasteiger partial charge in [0.05, 0.1) is 0 Å². The van der Waals surface area contributed by atoms with Crippen molar-refractivity contribution in [1.29, 1.82) is 0 Å². The standard InChI is InChI=1S/C11H11FO3S/c12-8-5-6(10(13)11(14)15)1-4-9(8)16-7-2-3-7/h1,4-5,7,10,13H,2-3H2,(H,14,15). The lowest BCUT2D eigenvalue weighted by molar-refractivity contribution is -0.146. The summed E-state index contributed by atoms with van der Waals surface area (Å²) in [5, 5.41) is 18.3. The van der Waals surface area contributed by atoms with Crippen LogP contribution in [0.5, 0.6) is 0 Å². The number of rotatable bonds is 4. The van der Waals surface area contributed by atoms with Gasteiger partial charge in [-0.3, -0.25) is 0 Å². The van der Waals surface area contributed by atoms with Gasteiger partial charge in [0, 0.05) is 10.1 Å². The average Bonchev–Trinajstić information content (AvgIpc) is 3.03. The molecule has 0 saturated heterocycles. The molecule has 2 N–H and O–H groups in total. The molecule has 3 nitrogen and oxygen atoms in total. The van der Waals surface area contributed by atoms with Crippen LogP contribution < -0.4 is 0 Å². The molecule has 1 aromatic carbocycles. The number of carbonyl (C=O) groups is 1. The van der Waals surface area contributed by atoms with Gasteiger partial charge >= 0.3 is 5.97 Å². The van der Waals surface area contributed by atoms with E-state index in [0.717, 1.165) is 18.9 Å². The largest absolute Gasteiger partial charge is 0.479 e. The number of thioether (sulfide) groups is 1. The SMILES string of the molecule is O=C(O)C(O)c1ccc(SC2CC2)c(F)c1. The zero-order valence-corrected chi connectivity index (χ0v) is 9.21. The molecule has 0 amide bonds. The van der Waals surface area contributed by atoms with Gasteiger partial charge in [-0.2, -0.15) is 0 Å². The first-order chi connectivity index (χ1) is 7.58. The fraction of sp³-hybridized carbons (Fsp3) is 0.364. The number of benzene rings is 1. The van der Waals surface area contributed by atoms with E-state index < -0.39 is 17.9 Å². The Morgan fingerprint density at radius 1 is 1.50 bits per heavy atom. The van der Waals surface area contributed by atoms with Gasteiger partial charge in [-0.25, -0.2) is 9.18 Å². The summed E-state index contributed by atoms with van der Waals surface area (Å²) in [7, 11) is 0. The van der Waals surface area contributed by atoms with Crippen LogP contribution in [0.4, 0.5) is 4.39 Å². The third-order valence-electron chi connectivity index (χ3n) is 2.32. The molecule has 1 aromatic rings. The monoisotopic (exact) mass is 242 g/mol. The van der Waals surface area contributed by atoms with E-state index in [1.807, 2.05) is 0 Å². The highest BCUT2D eigenvalue weighted by Crippen LogP contribution is 2.40. The molecule has 0 radical (unpaired) electrons. The van der Waals surface area contributed by atoms with Crippen LogP contribution in [0.25, 0.3) is 0 Å². The molecule has 16 heavy (non-hydrogen) atoms. The lowest BCUT2D eigenvalue weighted by Crippen LogP contribution is -2.10. The molecule has 0 spiro atoms. The van der Waals surface area contributed by atoms with E-state index in [1.54, 1.807) is 0 Å². The van der Waals surface area contributed by atoms with Gasteiger partial charge in [-0.15, -0.1) is 11.8 Å². The number of halogens is 1. The van der Waals surface area contributed by atoms with Crippen LogP contribution in [0, 0.1) is 5.82 Å². The van der Waals surface area contributed by atoms with E-state index in [9.17, 15) is 14.3 Å². The number of hydrogen-bond donors (Lipinski definition) is 2. The maximum absolute atomic E-state index is 13.5. The van der Waals surface area contributed by atoms with Crippen molar-refractivity contribution in [2.75, 3.05) is 0 Å². The predicted octanol–water partition coefficient (Wildman–Crippen LogP) is 2.20. The maximum atomic E-state index is 13.5. The first kappa shape index (κ1) is 11.4. The minimum Gasteiger partial charge on any atom is -0.479 e. The molecular formula is C11H11FO3S. The van der Waals surface area contributed by atoms with Gasteiger partial charge in [0.25, 0.3) is 0 Å². The summed E-state index contributed by atoms with van der Waals surface area (Å²) in [5.74, 6) is -1.84. The molecule has 0 aromatic heterocycles. The van der Waals surface area contributed by atoms with Crippen molar-refractivity contribution in [3.8, 4) is 0 Å². The molecule has 1 aliphatic carbocycles. The highest BCUT2D eigenvalue weighted by Gasteiger charge is 2.24. The second-order valence-electron chi connectivity index (χ2n) is 3.75. The predicted molar refractivity (Wildman–Crippen MR) is 57.9 cm³/mol. The third kappa shape index (κ3) is 2.54. The number of hydrogen-bond acceptors (Lipinski definition) is 3. The van der Waals surface area contributed by atoms with Crippen molar-refractivity contribution in [2.24, 2.45) is 0 Å². The molecule has 0 bridgehead atoms. The summed E-state index contributed by atoms with van der Waals surface area (Å²) in [4.78, 5) is 11.0. The van der Waals surface area contributed by atoms with Gasteiger partial charge in [0.2, 0.25) is 0 Å². The van der Waals surface area contributed by atoms with Crippen molar-refractivity contribution in [3.63, 3.8) is 0 Å². The van der Waals surface area contributed by atoms with Crippen LogP contribution in [0.1, 0.15) is 24.5 Å². The number of aliphatic hydroxyl groups is 1. The smallest absolute Gasteiger partial charge is 0.337 e. The highest BCUT2D eigenvalue weighted by molar-refractivity contribution is 8.00. The number of carboxylic acids is 1. The number of aliphatic carboxylic acids is 1. The average molecular weight is 242 g/mol. The molecule has 1 unspecified atom stereocenters. The van der Waals surface area contributed by atoms with E-state index in [1.165, 1.54) is 23.9 Å². The Balaban J connectivity index is 2.17. The summed E-state index contributed by atoms with van der Waals surface area (Å²) in [6, 6.07) is 4.07. The summed E-state index contributed by atoms with van der Waals surface area (Å²) >= 11 is 1.46. The topological polar surface area (TPSA) is 57.5 Å². The molecule has 86 valence electrons. The van der Waals surface area contributed by atoms with Crippen LogP contribution in [0.3, 0.4) is 0 Å². The number of aliphatic hydroxyl groups excluding tert-OH is 1. The Labute approximate surface area is 96.3 Å². The van der Waals surface area contributed by atoms with E-state index in [4.69, 9.17) is 5.11 Å². The summed E-state index contributed by atoms with van der Waals surface area (Å²) in [6.07, 6.45) is 0.544. The minimum atomic E-state index is -1.66. The second-order valence-corrected chi connectivity index (χ2v) is 5.09. The van der Waals surface area contributed by atoms with Gasteiger partial charge in [-0.05, 0) is 30.5 Å². The van der Waals surface area contributed by atoms with Crippen LogP contribution >= 0.6 is 11.8 Å². The lowest BCUT2D eigenvalue weighted by atomic mass is 10.1. The zero-order chi connectivity index (χ0) is 11.7. The van der Waals surface area contributed by atoms with Crippen molar-refractivity contribution in [2.45, 2.75) is 29.1 Å². The molecule has 5 heteroatoms. The highest BCUT2D eigenvalue weighted by atomic mass is 32.2. The summed E-state index contributed by atoms with van der Waals surface area (Å²) in [5.41, 5.74) is 0.0742. The Kier molecular flexibility index (Phi) is 3.16. The Morgan fingerprint density at radius 2 is 2.19 bits per heavy atom. The van der Waals surface area contributed by atoms with Crippen molar-refractivity contribution in [3.05, 3.63) is 29.6 Å². The first-order valence-electron chi connectivity index (χ1n) is 4.95. The van der Waals surface area contributed by atoms with Gasteiger partial charge in [-0.1, -0.05) is 6.07 Å². The third-order valence-corrected chi connectivity index (χ3v) is 3.71. The Bertz CT molecular complexity index is 418. The minimum absolute atomic E-state index is 0.0742. The van der Waals surface area contributed by atoms with Gasteiger partial charge in [0.1, 0.15) is 5.82 Å². The Morgan fingerprint density at radius 3 is 2.69 bits per heavy atom. The van der Waals surface area contributed by atoms with Gasteiger partial charge in [0.15, 0.2) is 6.10 Å². The Hall–Kier alpha value is -1.07. The first-order valence-corrected chi connectivity index (χ1v) is 5.83.